The van der Waals surface area contributed by atoms with Crippen molar-refractivity contribution in [2.45, 2.75) is 172 Å². The van der Waals surface area contributed by atoms with E-state index >= 15 is 0 Å². The molecule has 0 heterocycles. The molecule has 2 N–H and O–H groups in total. The molecule has 4 aromatic rings. The number of hydrogen-bond acceptors (Lipinski definition) is 4. The second kappa shape index (κ2) is 25.2. The molecule has 63 heavy (non-hydrogen) atoms. The molecule has 0 spiro atoms. The van der Waals surface area contributed by atoms with Gasteiger partial charge in [-0.2, -0.15) is 12.2 Å². The van der Waals surface area contributed by atoms with Gasteiger partial charge in [-0.25, -0.2) is 13.8 Å². The Morgan fingerprint density at radius 1 is 0.381 bits per heavy atom. The van der Waals surface area contributed by atoms with E-state index in [9.17, 15) is 0 Å². The average molecular weight is 901 g/mol. The number of allylic oxidation sites excluding steroid dienone is 4. The Morgan fingerprint density at radius 3 is 0.762 bits per heavy atom. The van der Waals surface area contributed by atoms with Crippen LogP contribution >= 0.6 is 0 Å². The summed E-state index contributed by atoms with van der Waals surface area (Å²) in [5.41, 5.74) is 18.7. The average Bonchev–Trinajstić information content (AvgIpc) is 3.17. The summed E-state index contributed by atoms with van der Waals surface area (Å²) in [4.78, 5) is 10.1. The number of hydrogen-bond donors (Lipinski definition) is 2. The molecule has 0 bridgehead atoms. The second-order valence-electron chi connectivity index (χ2n) is 19.5. The van der Waals surface area contributed by atoms with Crippen LogP contribution in [-0.2, 0) is 19.5 Å². The summed E-state index contributed by atoms with van der Waals surface area (Å²) in [6, 6.07) is 26.2. The maximum absolute atomic E-state index is 5.06. The number of nitrogens with one attached hydrogen (secondary N) is 2. The van der Waals surface area contributed by atoms with Crippen LogP contribution in [0, 0.1) is 13.8 Å². The van der Waals surface area contributed by atoms with Gasteiger partial charge < -0.3 is 10.6 Å². The van der Waals surface area contributed by atoms with Crippen molar-refractivity contribution in [2.75, 3.05) is 10.6 Å². The first-order valence-corrected chi connectivity index (χ1v) is 23.3. The third-order valence-electron chi connectivity index (χ3n) is 11.3. The summed E-state index contributed by atoms with van der Waals surface area (Å²) in [6.07, 6.45) is 4.12. The topological polar surface area (TPSA) is 48.8 Å². The monoisotopic (exact) mass is 899 g/mol. The zero-order valence-corrected chi connectivity index (χ0v) is 45.7. The molecule has 0 radical (unpaired) electrons. The molecule has 0 aliphatic carbocycles. The third kappa shape index (κ3) is 15.4. The van der Waals surface area contributed by atoms with Gasteiger partial charge >= 0.3 is 19.5 Å². The van der Waals surface area contributed by atoms with Gasteiger partial charge in [-0.1, -0.05) is 184 Å². The van der Waals surface area contributed by atoms with Crippen molar-refractivity contribution < 1.29 is 19.5 Å². The maximum atomic E-state index is 5.06. The Balaban J connectivity index is 0.000000427. The first kappa shape index (κ1) is 54.8. The Morgan fingerprint density at radius 2 is 0.571 bits per heavy atom. The fourth-order valence-electron chi connectivity index (χ4n) is 7.99. The number of rotatable bonds is 16. The number of aliphatic imine (C=N–C) groups is 2. The standard InChI is InChI=1S/2C29H41N2.Zn/c2*1-18(2)24-13-11-14-25(19(3)4)28(24)30-22(9)17-23(10)31-29-26(20(5)6)15-12-16-27(29)21(7)8;/h2*11-21,30H,9H2,1-8,10H3;/q2*-1;+2/b22-17+,31-23?;22-17-,31-23?;. The van der Waals surface area contributed by atoms with E-state index in [1.54, 1.807) is 0 Å². The van der Waals surface area contributed by atoms with Crippen LogP contribution in [-0.4, -0.2) is 11.4 Å². The quantitative estimate of drug-likeness (QED) is 0.0669. The predicted octanol–water partition coefficient (Wildman–Crippen LogP) is 18.2. The molecule has 4 aromatic carbocycles. The molecule has 0 atom stereocenters. The van der Waals surface area contributed by atoms with Gasteiger partial charge in [-0.3, -0.25) is 9.98 Å². The molecule has 4 rings (SSSR count). The molecule has 0 saturated heterocycles. The van der Waals surface area contributed by atoms with Crippen molar-refractivity contribution in [3.8, 4) is 0 Å². The van der Waals surface area contributed by atoms with Crippen LogP contribution < -0.4 is 10.6 Å². The van der Waals surface area contributed by atoms with Crippen LogP contribution in [0.5, 0.6) is 0 Å². The molecule has 5 heteroatoms. The number of anilines is 2. The van der Waals surface area contributed by atoms with E-state index in [2.05, 4.69) is 234 Å². The molecule has 0 fully saturated rings. The maximum Gasteiger partial charge on any atom is 2.00 e. The van der Waals surface area contributed by atoms with Gasteiger partial charge in [-0.15, -0.1) is 11.4 Å². The molecule has 0 aromatic heterocycles. The molecular weight excluding hydrogens is 818 g/mol. The minimum absolute atomic E-state index is 0. The Bertz CT molecular complexity index is 1950. The van der Waals surface area contributed by atoms with E-state index < -0.39 is 0 Å². The van der Waals surface area contributed by atoms with Crippen molar-refractivity contribution >= 4 is 34.2 Å². The number of para-hydroxylation sites is 4. The molecule has 0 saturated carbocycles. The Hall–Kier alpha value is -4.34. The summed E-state index contributed by atoms with van der Waals surface area (Å²) in [6.45, 7) is 48.5. The van der Waals surface area contributed by atoms with E-state index in [0.717, 1.165) is 34.2 Å². The molecular formula is C58H82N4Zn. The first-order valence-electron chi connectivity index (χ1n) is 23.3. The van der Waals surface area contributed by atoms with Crippen molar-refractivity contribution in [3.05, 3.63) is 155 Å². The van der Waals surface area contributed by atoms with Crippen LogP contribution in [0.25, 0.3) is 0 Å². The van der Waals surface area contributed by atoms with Gasteiger partial charge in [0.1, 0.15) is 0 Å². The van der Waals surface area contributed by atoms with E-state index in [4.69, 9.17) is 9.98 Å². The molecule has 0 aliphatic heterocycles. The van der Waals surface area contributed by atoms with Gasteiger partial charge in [0.05, 0.1) is 11.4 Å². The van der Waals surface area contributed by atoms with Gasteiger partial charge in [0.25, 0.3) is 0 Å². The van der Waals surface area contributed by atoms with E-state index in [1.807, 2.05) is 0 Å². The van der Waals surface area contributed by atoms with Crippen LogP contribution in [0.2, 0.25) is 0 Å². The SMILES string of the molecule is [CH2-]/C(=C/C(C)=Nc1c(C(C)C)cccc1C(C)C)Nc1c(C(C)C)cccc1C(C)C.[CH2-]/C(=C\C(C)=Nc1c(C(C)C)cccc1C(C)C)Nc1c(C(C)C)cccc1C(C)C.[Zn+2]. The normalized spacial score (nSPS) is 12.9. The zero-order valence-electron chi connectivity index (χ0n) is 42.7. The van der Waals surface area contributed by atoms with Crippen molar-refractivity contribution in [1.29, 1.82) is 0 Å². The van der Waals surface area contributed by atoms with Gasteiger partial charge in [-0.05, 0) is 117 Å². The van der Waals surface area contributed by atoms with Crippen molar-refractivity contribution in [2.24, 2.45) is 9.98 Å². The second-order valence-corrected chi connectivity index (χ2v) is 19.5. The molecule has 0 unspecified atom stereocenters. The summed E-state index contributed by atoms with van der Waals surface area (Å²) < 4.78 is 0. The van der Waals surface area contributed by atoms with Gasteiger partial charge in [0, 0.05) is 11.4 Å². The van der Waals surface area contributed by atoms with Gasteiger partial charge in [0.2, 0.25) is 0 Å². The summed E-state index contributed by atoms with van der Waals surface area (Å²) in [7, 11) is 0. The van der Waals surface area contributed by atoms with Gasteiger partial charge in [0.15, 0.2) is 0 Å². The first-order chi connectivity index (χ1) is 29.0. The van der Waals surface area contributed by atoms with E-state index in [0.29, 0.717) is 47.3 Å². The smallest absolute Gasteiger partial charge is 0.389 e. The van der Waals surface area contributed by atoms with Crippen LogP contribution in [0.15, 0.2) is 106 Å². The molecule has 0 amide bonds. The number of benzene rings is 4. The van der Waals surface area contributed by atoms with Crippen LogP contribution in [0.4, 0.5) is 22.7 Å². The fraction of sp³-hybridized carbons (Fsp3) is 0.448. The van der Waals surface area contributed by atoms with Crippen LogP contribution in [0.3, 0.4) is 0 Å². The minimum atomic E-state index is 0. The summed E-state index contributed by atoms with van der Waals surface area (Å²) >= 11 is 0. The number of nitrogens with zero attached hydrogens (tertiary/aromatic N) is 2. The molecule has 336 valence electrons. The zero-order chi connectivity index (χ0) is 46.6. The minimum Gasteiger partial charge on any atom is -0.389 e. The molecule has 0 aliphatic rings. The largest absolute Gasteiger partial charge is 2.00 e. The summed E-state index contributed by atoms with van der Waals surface area (Å²) in [5.74, 6) is 3.48. The third-order valence-corrected chi connectivity index (χ3v) is 11.3. The van der Waals surface area contributed by atoms with E-state index in [-0.39, 0.29) is 19.5 Å². The summed E-state index contributed by atoms with van der Waals surface area (Å²) in [5, 5.41) is 7.20. The molecule has 4 nitrogen and oxygen atoms in total. The Kier molecular flexibility index (Phi) is 21.9. The fourth-order valence-corrected chi connectivity index (χ4v) is 7.99. The predicted molar refractivity (Wildman–Crippen MR) is 278 cm³/mol. The Labute approximate surface area is 398 Å². The van der Waals surface area contributed by atoms with E-state index in [1.165, 1.54) is 55.9 Å². The van der Waals surface area contributed by atoms with Crippen molar-refractivity contribution in [1.82, 2.24) is 0 Å². The van der Waals surface area contributed by atoms with Crippen molar-refractivity contribution in [3.63, 3.8) is 0 Å². The van der Waals surface area contributed by atoms with Crippen LogP contribution in [0.1, 0.15) is 216 Å².